The van der Waals surface area contributed by atoms with Crippen molar-refractivity contribution >= 4 is 15.5 Å². The van der Waals surface area contributed by atoms with Gasteiger partial charge in [0, 0.05) is 18.7 Å². The summed E-state index contributed by atoms with van der Waals surface area (Å²) >= 11 is 0. The first-order valence-electron chi connectivity index (χ1n) is 8.52. The minimum Gasteiger partial charge on any atom is -0.370 e. The predicted octanol–water partition coefficient (Wildman–Crippen LogP) is 3.37. The van der Waals surface area contributed by atoms with E-state index in [2.05, 4.69) is 4.98 Å². The number of halogens is 1. The monoisotopic (exact) mass is 378 g/mol. The molecule has 1 aromatic carbocycles. The van der Waals surface area contributed by atoms with E-state index < -0.39 is 14.6 Å². The highest BCUT2D eigenvalue weighted by atomic mass is 32.2. The summed E-state index contributed by atoms with van der Waals surface area (Å²) in [7, 11) is -3.49. The Morgan fingerprint density at radius 1 is 1.19 bits per heavy atom. The van der Waals surface area contributed by atoms with E-state index in [0.717, 1.165) is 5.69 Å². The first kappa shape index (κ1) is 18.8. The average molecular weight is 378 g/mol. The van der Waals surface area contributed by atoms with E-state index in [0.29, 0.717) is 25.3 Å². The summed E-state index contributed by atoms with van der Waals surface area (Å²) in [6.07, 6.45) is 1.19. The van der Waals surface area contributed by atoms with Crippen LogP contribution in [0.25, 0.3) is 0 Å². The molecule has 3 rings (SSSR count). The van der Waals surface area contributed by atoms with Crippen LogP contribution in [0.5, 0.6) is 0 Å². The first-order chi connectivity index (χ1) is 12.2. The molecule has 26 heavy (non-hydrogen) atoms. The molecule has 1 unspecified atom stereocenters. The van der Waals surface area contributed by atoms with Gasteiger partial charge in [0.15, 0.2) is 14.9 Å². The maximum atomic E-state index is 14.0. The van der Waals surface area contributed by atoms with Crippen LogP contribution < -0.4 is 4.90 Å². The third-order valence-corrected chi connectivity index (χ3v) is 6.89. The van der Waals surface area contributed by atoms with Crippen LogP contribution in [0.1, 0.15) is 32.4 Å². The van der Waals surface area contributed by atoms with Gasteiger partial charge in [-0.25, -0.2) is 17.8 Å². The highest BCUT2D eigenvalue weighted by molar-refractivity contribution is 7.92. The Labute approximate surface area is 153 Å². The number of sulfone groups is 1. The maximum absolute atomic E-state index is 14.0. The van der Waals surface area contributed by atoms with Crippen molar-refractivity contribution in [3.8, 4) is 0 Å². The van der Waals surface area contributed by atoms with Crippen molar-refractivity contribution in [2.75, 3.05) is 24.6 Å². The van der Waals surface area contributed by atoms with Crippen molar-refractivity contribution in [2.45, 2.75) is 36.6 Å². The number of benzene rings is 1. The third-order valence-electron chi connectivity index (χ3n) is 4.49. The van der Waals surface area contributed by atoms with Crippen LogP contribution in [0, 0.1) is 5.82 Å². The molecule has 1 aliphatic rings. The molecule has 1 aliphatic heterocycles. The molecular weight excluding hydrogens is 355 g/mol. The number of morpholine rings is 1. The van der Waals surface area contributed by atoms with Crippen molar-refractivity contribution in [1.82, 2.24) is 4.98 Å². The van der Waals surface area contributed by atoms with Crippen LogP contribution in [-0.4, -0.2) is 37.8 Å². The lowest BCUT2D eigenvalue weighted by molar-refractivity contribution is 0.0375. The summed E-state index contributed by atoms with van der Waals surface area (Å²) in [6, 6.07) is 9.86. The van der Waals surface area contributed by atoms with Crippen LogP contribution in [0.3, 0.4) is 0 Å². The Balaban J connectivity index is 1.81. The van der Waals surface area contributed by atoms with E-state index in [9.17, 15) is 12.8 Å². The molecule has 0 radical (unpaired) electrons. The van der Waals surface area contributed by atoms with Crippen LogP contribution in [0.2, 0.25) is 0 Å². The summed E-state index contributed by atoms with van der Waals surface area (Å²) in [6.45, 7) is 6.53. The summed E-state index contributed by atoms with van der Waals surface area (Å²) in [5.41, 5.74) is 1.32. The second-order valence-electron chi connectivity index (χ2n) is 7.30. The lowest BCUT2D eigenvalue weighted by Crippen LogP contribution is -2.38. The molecular formula is C19H23FN2O3S. The third kappa shape index (κ3) is 3.59. The fourth-order valence-electron chi connectivity index (χ4n) is 2.84. The number of nitrogens with zero attached hydrogens (tertiary/aromatic N) is 2. The van der Waals surface area contributed by atoms with Gasteiger partial charge >= 0.3 is 0 Å². The molecule has 2 aromatic rings. The van der Waals surface area contributed by atoms with Crippen LogP contribution in [0.4, 0.5) is 10.1 Å². The van der Waals surface area contributed by atoms with Gasteiger partial charge in [0.1, 0.15) is 11.9 Å². The van der Waals surface area contributed by atoms with Gasteiger partial charge in [-0.1, -0.05) is 18.2 Å². The van der Waals surface area contributed by atoms with E-state index >= 15 is 0 Å². The molecule has 0 spiro atoms. The molecule has 1 saturated heterocycles. The largest absolute Gasteiger partial charge is 0.370 e. The summed E-state index contributed by atoms with van der Waals surface area (Å²) in [5.74, 6) is -0.288. The fourth-order valence-corrected chi connectivity index (χ4v) is 3.91. The Kier molecular flexibility index (Phi) is 5.03. The van der Waals surface area contributed by atoms with E-state index in [1.807, 2.05) is 4.90 Å². The zero-order valence-electron chi connectivity index (χ0n) is 15.1. The van der Waals surface area contributed by atoms with Crippen molar-refractivity contribution < 1.29 is 17.5 Å². The highest BCUT2D eigenvalue weighted by Crippen LogP contribution is 2.29. The van der Waals surface area contributed by atoms with E-state index in [4.69, 9.17) is 4.74 Å². The molecule has 0 aliphatic carbocycles. The zero-order valence-corrected chi connectivity index (χ0v) is 16.0. The topological polar surface area (TPSA) is 59.5 Å². The quantitative estimate of drug-likeness (QED) is 0.820. The fraction of sp³-hybridized carbons (Fsp3) is 0.421. The molecule has 0 saturated carbocycles. The summed E-state index contributed by atoms with van der Waals surface area (Å²) < 4.78 is 43.8. The van der Waals surface area contributed by atoms with Gasteiger partial charge in [-0.15, -0.1) is 0 Å². The minimum atomic E-state index is -3.49. The van der Waals surface area contributed by atoms with Gasteiger partial charge in [-0.05, 0) is 39.0 Å². The number of pyridine rings is 1. The first-order valence-corrected chi connectivity index (χ1v) is 10.00. The van der Waals surface area contributed by atoms with Gasteiger partial charge in [0.05, 0.1) is 23.2 Å². The molecule has 5 nitrogen and oxygen atoms in total. The van der Waals surface area contributed by atoms with Crippen molar-refractivity contribution in [3.63, 3.8) is 0 Å². The molecule has 7 heteroatoms. The molecule has 0 amide bonds. The Morgan fingerprint density at radius 2 is 1.92 bits per heavy atom. The Morgan fingerprint density at radius 3 is 2.54 bits per heavy atom. The van der Waals surface area contributed by atoms with Crippen molar-refractivity contribution in [1.29, 1.82) is 0 Å². The number of aromatic nitrogens is 1. The lowest BCUT2D eigenvalue weighted by atomic mass is 10.1. The summed E-state index contributed by atoms with van der Waals surface area (Å²) in [4.78, 5) is 6.19. The molecule has 2 heterocycles. The van der Waals surface area contributed by atoms with Crippen molar-refractivity contribution in [3.05, 3.63) is 54.0 Å². The zero-order chi connectivity index (χ0) is 18.9. The van der Waals surface area contributed by atoms with E-state index in [1.165, 1.54) is 12.1 Å². The normalized spacial score (nSPS) is 18.8. The minimum absolute atomic E-state index is 0.0627. The SMILES string of the molecule is CC(C)(C)S(=O)(=O)c1ccc(N2CCOC(c3ccccc3F)C2)cn1. The lowest BCUT2D eigenvalue weighted by Gasteiger charge is -2.34. The molecule has 1 aromatic heterocycles. The molecule has 0 N–H and O–H groups in total. The average Bonchev–Trinajstić information content (AvgIpc) is 2.61. The highest BCUT2D eigenvalue weighted by Gasteiger charge is 2.32. The maximum Gasteiger partial charge on any atom is 0.200 e. The second kappa shape index (κ2) is 6.96. The Bertz CT molecular complexity index is 876. The van der Waals surface area contributed by atoms with Gasteiger partial charge in [0.2, 0.25) is 0 Å². The van der Waals surface area contributed by atoms with Crippen LogP contribution in [0.15, 0.2) is 47.6 Å². The molecule has 1 atom stereocenters. The van der Waals surface area contributed by atoms with E-state index in [1.54, 1.807) is 51.2 Å². The number of hydrogen-bond donors (Lipinski definition) is 0. The van der Waals surface area contributed by atoms with Gasteiger partial charge in [-0.3, -0.25) is 0 Å². The van der Waals surface area contributed by atoms with Gasteiger partial charge in [-0.2, -0.15) is 0 Å². The molecule has 0 bridgehead atoms. The number of rotatable bonds is 3. The van der Waals surface area contributed by atoms with Crippen molar-refractivity contribution in [2.24, 2.45) is 0 Å². The Hall–Kier alpha value is -1.99. The molecule has 140 valence electrons. The number of hydrogen-bond acceptors (Lipinski definition) is 5. The molecule has 1 fully saturated rings. The number of anilines is 1. The summed E-state index contributed by atoms with van der Waals surface area (Å²) in [5, 5.41) is 0.0627. The van der Waals surface area contributed by atoms with E-state index in [-0.39, 0.29) is 16.9 Å². The second-order valence-corrected chi connectivity index (χ2v) is 9.95. The van der Waals surface area contributed by atoms with Crippen LogP contribution in [-0.2, 0) is 14.6 Å². The predicted molar refractivity (Wildman–Crippen MR) is 98.5 cm³/mol. The van der Waals surface area contributed by atoms with Gasteiger partial charge < -0.3 is 9.64 Å². The number of ether oxygens (including phenoxy) is 1. The van der Waals surface area contributed by atoms with Crippen LogP contribution >= 0.6 is 0 Å². The standard InChI is InChI=1S/C19H23FN2O3S/c1-19(2,3)26(23,24)18-9-8-14(12-21-18)22-10-11-25-17(13-22)15-6-4-5-7-16(15)20/h4-9,12,17H,10-11,13H2,1-3H3. The van der Waals surface area contributed by atoms with Gasteiger partial charge in [0.25, 0.3) is 0 Å². The smallest absolute Gasteiger partial charge is 0.200 e.